The molecule has 0 aliphatic rings. The molecule has 0 fully saturated rings. The third-order valence-electron chi connectivity index (χ3n) is 3.68. The first-order valence-electron chi connectivity index (χ1n) is 7.60. The van der Waals surface area contributed by atoms with Crippen LogP contribution in [0.2, 0.25) is 0 Å². The van der Waals surface area contributed by atoms with Gasteiger partial charge in [-0.3, -0.25) is 4.79 Å². The number of hydrogen-bond donors (Lipinski definition) is 1. The number of para-hydroxylation sites is 1. The quantitative estimate of drug-likeness (QED) is 0.824. The molecule has 22 heavy (non-hydrogen) atoms. The third-order valence-corrected chi connectivity index (χ3v) is 5.11. The second-order valence-electron chi connectivity index (χ2n) is 5.29. The van der Waals surface area contributed by atoms with Crippen LogP contribution in [0.4, 0.5) is 5.69 Å². The fourth-order valence-corrected chi connectivity index (χ4v) is 3.26. The molecule has 1 heterocycles. The molecular weight excluding hydrogens is 294 g/mol. The number of carbonyl (C=O) groups is 1. The molecule has 0 aliphatic heterocycles. The lowest BCUT2D eigenvalue weighted by molar-refractivity contribution is -0.115. The summed E-state index contributed by atoms with van der Waals surface area (Å²) in [7, 11) is 1.94. The van der Waals surface area contributed by atoms with Gasteiger partial charge in [0.2, 0.25) is 5.91 Å². The predicted octanol–water partition coefficient (Wildman–Crippen LogP) is 3.80. The summed E-state index contributed by atoms with van der Waals surface area (Å²) < 4.78 is 1.94. The Morgan fingerprint density at radius 3 is 2.77 bits per heavy atom. The number of nitrogens with one attached hydrogen (secondary N) is 1. The molecule has 2 rings (SSSR count). The van der Waals surface area contributed by atoms with E-state index in [9.17, 15) is 4.79 Å². The lowest BCUT2D eigenvalue weighted by Crippen LogP contribution is -2.26. The second-order valence-corrected chi connectivity index (χ2v) is 6.46. The van der Waals surface area contributed by atoms with E-state index < -0.39 is 0 Å². The van der Waals surface area contributed by atoms with E-state index in [2.05, 4.69) is 23.3 Å². The highest BCUT2D eigenvalue weighted by molar-refractivity contribution is 8.00. The average molecular weight is 317 g/mol. The van der Waals surface area contributed by atoms with Gasteiger partial charge in [-0.15, -0.1) is 0 Å². The van der Waals surface area contributed by atoms with Crippen molar-refractivity contribution in [2.24, 2.45) is 7.05 Å². The van der Waals surface area contributed by atoms with E-state index in [4.69, 9.17) is 0 Å². The number of hydrogen-bond acceptors (Lipinski definition) is 3. The number of amides is 1. The van der Waals surface area contributed by atoms with Crippen molar-refractivity contribution >= 4 is 23.4 Å². The van der Waals surface area contributed by atoms with Crippen molar-refractivity contribution < 1.29 is 4.79 Å². The minimum Gasteiger partial charge on any atom is -0.329 e. The summed E-state index contributed by atoms with van der Waals surface area (Å²) in [5.74, 6) is 0.0412. The van der Waals surface area contributed by atoms with Crippen LogP contribution in [-0.4, -0.2) is 20.7 Å². The van der Waals surface area contributed by atoms with E-state index in [0.717, 1.165) is 29.2 Å². The summed E-state index contributed by atoms with van der Waals surface area (Å²) in [6.07, 6.45) is 5.31. The molecule has 0 spiro atoms. The van der Waals surface area contributed by atoms with Crippen molar-refractivity contribution in [1.29, 1.82) is 0 Å². The van der Waals surface area contributed by atoms with Crippen LogP contribution in [0.15, 0.2) is 35.7 Å². The maximum absolute atomic E-state index is 12.6. The van der Waals surface area contributed by atoms with Gasteiger partial charge in [-0.05, 0) is 30.9 Å². The van der Waals surface area contributed by atoms with Crippen molar-refractivity contribution in [3.63, 3.8) is 0 Å². The molecule has 1 N–H and O–H groups in total. The van der Waals surface area contributed by atoms with Gasteiger partial charge in [0.15, 0.2) is 5.16 Å². The molecule has 1 atom stereocenters. The summed E-state index contributed by atoms with van der Waals surface area (Å²) in [4.78, 5) is 16.9. The number of nitrogens with zero attached hydrogens (tertiary/aromatic N) is 2. The number of rotatable bonds is 6. The Morgan fingerprint density at radius 1 is 1.41 bits per heavy atom. The monoisotopic (exact) mass is 317 g/mol. The molecule has 1 unspecified atom stereocenters. The summed E-state index contributed by atoms with van der Waals surface area (Å²) in [6, 6.07) is 6.13. The summed E-state index contributed by atoms with van der Waals surface area (Å²) in [5, 5.41) is 3.83. The largest absolute Gasteiger partial charge is 0.329 e. The van der Waals surface area contributed by atoms with Gasteiger partial charge in [0.05, 0.1) is 5.25 Å². The fraction of sp³-hybridized carbons (Fsp3) is 0.412. The predicted molar refractivity (Wildman–Crippen MR) is 92.3 cm³/mol. The number of benzene rings is 1. The first-order chi connectivity index (χ1) is 10.6. The Morgan fingerprint density at radius 2 is 2.18 bits per heavy atom. The molecule has 1 aromatic heterocycles. The van der Waals surface area contributed by atoms with Crippen molar-refractivity contribution in [2.45, 2.75) is 44.0 Å². The van der Waals surface area contributed by atoms with E-state index in [0.29, 0.717) is 0 Å². The van der Waals surface area contributed by atoms with Crippen LogP contribution < -0.4 is 5.32 Å². The van der Waals surface area contributed by atoms with Crippen LogP contribution in [0.5, 0.6) is 0 Å². The number of aromatic nitrogens is 2. The Bertz CT molecular complexity index is 651. The van der Waals surface area contributed by atoms with Gasteiger partial charge in [-0.2, -0.15) is 0 Å². The van der Waals surface area contributed by atoms with E-state index in [1.165, 1.54) is 17.3 Å². The highest BCUT2D eigenvalue weighted by atomic mass is 32.2. The van der Waals surface area contributed by atoms with Crippen molar-refractivity contribution in [2.75, 3.05) is 5.32 Å². The molecule has 1 aromatic carbocycles. The molecular formula is C17H23N3OS. The van der Waals surface area contributed by atoms with Gasteiger partial charge in [0.25, 0.3) is 0 Å². The molecule has 0 radical (unpaired) electrons. The molecule has 5 heteroatoms. The Balaban J connectivity index is 2.15. The second kappa shape index (κ2) is 7.49. The normalized spacial score (nSPS) is 12.2. The number of carbonyl (C=O) groups excluding carboxylic acids is 1. The van der Waals surface area contributed by atoms with Crippen LogP contribution in [0, 0.1) is 6.92 Å². The average Bonchev–Trinajstić information content (AvgIpc) is 2.91. The Labute approximate surface area is 136 Å². The standard InChI is InChI=1S/C17H23N3OS/c1-5-13-9-7-8-12(3)15(13)19-16(21)14(6-2)22-17-18-10-11-20(17)4/h7-11,14H,5-6H2,1-4H3,(H,19,21). The van der Waals surface area contributed by atoms with Crippen LogP contribution in [0.1, 0.15) is 31.4 Å². The van der Waals surface area contributed by atoms with Gasteiger partial charge >= 0.3 is 0 Å². The SMILES string of the molecule is CCc1cccc(C)c1NC(=O)C(CC)Sc1nccn1C. The van der Waals surface area contributed by atoms with E-state index in [1.54, 1.807) is 6.20 Å². The number of imidazole rings is 1. The molecule has 4 nitrogen and oxygen atoms in total. The van der Waals surface area contributed by atoms with Gasteiger partial charge in [0.1, 0.15) is 0 Å². The lowest BCUT2D eigenvalue weighted by Gasteiger charge is -2.17. The molecule has 0 saturated carbocycles. The first-order valence-corrected chi connectivity index (χ1v) is 8.48. The van der Waals surface area contributed by atoms with Crippen molar-refractivity contribution in [3.05, 3.63) is 41.7 Å². The first kappa shape index (κ1) is 16.6. The van der Waals surface area contributed by atoms with Gasteiger partial charge in [-0.25, -0.2) is 4.98 Å². The number of aryl methyl sites for hydroxylation is 3. The highest BCUT2D eigenvalue weighted by Gasteiger charge is 2.21. The summed E-state index contributed by atoms with van der Waals surface area (Å²) >= 11 is 1.51. The number of anilines is 1. The minimum atomic E-state index is -0.148. The Hall–Kier alpha value is -1.75. The van der Waals surface area contributed by atoms with Crippen LogP contribution >= 0.6 is 11.8 Å². The van der Waals surface area contributed by atoms with Crippen LogP contribution in [0.3, 0.4) is 0 Å². The van der Waals surface area contributed by atoms with Crippen molar-refractivity contribution in [1.82, 2.24) is 9.55 Å². The van der Waals surface area contributed by atoms with E-state index in [-0.39, 0.29) is 11.2 Å². The van der Waals surface area contributed by atoms with Gasteiger partial charge in [-0.1, -0.05) is 43.8 Å². The Kier molecular flexibility index (Phi) is 5.66. The van der Waals surface area contributed by atoms with E-state index >= 15 is 0 Å². The van der Waals surface area contributed by atoms with Crippen LogP contribution in [-0.2, 0) is 18.3 Å². The third kappa shape index (κ3) is 3.71. The smallest absolute Gasteiger partial charge is 0.237 e. The summed E-state index contributed by atoms with van der Waals surface area (Å²) in [5.41, 5.74) is 3.23. The topological polar surface area (TPSA) is 46.9 Å². The van der Waals surface area contributed by atoms with Crippen LogP contribution in [0.25, 0.3) is 0 Å². The van der Waals surface area contributed by atoms with Gasteiger partial charge in [0, 0.05) is 25.1 Å². The molecule has 118 valence electrons. The number of thioether (sulfide) groups is 1. The molecule has 0 aliphatic carbocycles. The van der Waals surface area contributed by atoms with E-state index in [1.807, 2.05) is 43.8 Å². The zero-order valence-corrected chi connectivity index (χ0v) is 14.4. The van der Waals surface area contributed by atoms with Gasteiger partial charge < -0.3 is 9.88 Å². The zero-order valence-electron chi connectivity index (χ0n) is 13.6. The summed E-state index contributed by atoms with van der Waals surface area (Å²) in [6.45, 7) is 6.16. The molecule has 0 bridgehead atoms. The molecule has 0 saturated heterocycles. The maximum Gasteiger partial charge on any atom is 0.237 e. The molecule has 2 aromatic rings. The minimum absolute atomic E-state index is 0.0412. The lowest BCUT2D eigenvalue weighted by atomic mass is 10.1. The molecule has 1 amide bonds. The highest BCUT2D eigenvalue weighted by Crippen LogP contribution is 2.27. The zero-order chi connectivity index (χ0) is 16.1. The maximum atomic E-state index is 12.6. The fourth-order valence-electron chi connectivity index (χ4n) is 2.32. The van der Waals surface area contributed by atoms with Crippen molar-refractivity contribution in [3.8, 4) is 0 Å².